The SMILES string of the molecule is CC(C)c1ccccc1-c1nc(NCC2CCNCC2)c2cccnc2n1. The van der Waals surface area contributed by atoms with Gasteiger partial charge in [0.05, 0.1) is 5.39 Å². The molecule has 1 aliphatic rings. The lowest BCUT2D eigenvalue weighted by Gasteiger charge is -2.23. The van der Waals surface area contributed by atoms with Crippen molar-refractivity contribution < 1.29 is 0 Å². The van der Waals surface area contributed by atoms with Crippen LogP contribution in [0.5, 0.6) is 0 Å². The summed E-state index contributed by atoms with van der Waals surface area (Å²) in [6, 6.07) is 12.4. The number of aromatic nitrogens is 3. The second-order valence-corrected chi connectivity index (χ2v) is 7.59. The highest BCUT2D eigenvalue weighted by molar-refractivity contribution is 5.88. The van der Waals surface area contributed by atoms with E-state index in [-0.39, 0.29) is 0 Å². The molecular weight excluding hydrogens is 334 g/mol. The van der Waals surface area contributed by atoms with Crippen molar-refractivity contribution in [2.24, 2.45) is 5.92 Å². The average molecular weight is 361 g/mol. The van der Waals surface area contributed by atoms with E-state index >= 15 is 0 Å². The number of benzene rings is 1. The number of rotatable bonds is 5. The highest BCUT2D eigenvalue weighted by Gasteiger charge is 2.16. The van der Waals surface area contributed by atoms with Crippen molar-refractivity contribution in [1.29, 1.82) is 0 Å². The molecular formula is C22H27N5. The standard InChI is InChI=1S/C22H27N5/c1-15(2)17-6-3-4-7-18(17)22-26-20-19(8-5-11-24-20)21(27-22)25-14-16-9-12-23-13-10-16/h3-8,11,15-16,23H,9-10,12-14H2,1-2H3,(H,24,25,26,27). The lowest BCUT2D eigenvalue weighted by molar-refractivity contribution is 0.389. The van der Waals surface area contributed by atoms with Gasteiger partial charge in [-0.25, -0.2) is 15.0 Å². The van der Waals surface area contributed by atoms with Crippen LogP contribution in [0.2, 0.25) is 0 Å². The Balaban J connectivity index is 1.72. The van der Waals surface area contributed by atoms with E-state index in [0.29, 0.717) is 11.8 Å². The molecule has 1 saturated heterocycles. The highest BCUT2D eigenvalue weighted by atomic mass is 15.1. The molecule has 0 amide bonds. The number of hydrogen-bond donors (Lipinski definition) is 2. The quantitative estimate of drug-likeness (QED) is 0.712. The number of nitrogens with one attached hydrogen (secondary N) is 2. The topological polar surface area (TPSA) is 62.7 Å². The Morgan fingerprint density at radius 3 is 2.70 bits per heavy atom. The van der Waals surface area contributed by atoms with Gasteiger partial charge in [-0.2, -0.15) is 0 Å². The molecule has 5 heteroatoms. The normalized spacial score (nSPS) is 15.4. The van der Waals surface area contributed by atoms with Gasteiger partial charge in [0.1, 0.15) is 5.82 Å². The molecule has 0 saturated carbocycles. The van der Waals surface area contributed by atoms with E-state index in [0.717, 1.165) is 47.9 Å². The summed E-state index contributed by atoms with van der Waals surface area (Å²) in [7, 11) is 0. The smallest absolute Gasteiger partial charge is 0.165 e. The third-order valence-electron chi connectivity index (χ3n) is 5.31. The molecule has 2 N–H and O–H groups in total. The van der Waals surface area contributed by atoms with E-state index in [1.165, 1.54) is 18.4 Å². The van der Waals surface area contributed by atoms with E-state index in [4.69, 9.17) is 9.97 Å². The summed E-state index contributed by atoms with van der Waals surface area (Å²) in [6.07, 6.45) is 4.21. The number of pyridine rings is 1. The van der Waals surface area contributed by atoms with Crippen molar-refractivity contribution in [1.82, 2.24) is 20.3 Å². The zero-order chi connectivity index (χ0) is 18.6. The molecule has 2 aromatic heterocycles. The van der Waals surface area contributed by atoms with Crippen LogP contribution in [-0.2, 0) is 0 Å². The summed E-state index contributed by atoms with van der Waals surface area (Å²) in [4.78, 5) is 14.2. The Hall–Kier alpha value is -2.53. The number of piperidine rings is 1. The fourth-order valence-corrected chi connectivity index (χ4v) is 3.75. The first kappa shape index (κ1) is 17.9. The van der Waals surface area contributed by atoms with Crippen molar-refractivity contribution >= 4 is 16.9 Å². The summed E-state index contributed by atoms with van der Waals surface area (Å²) in [5.74, 6) is 2.73. The number of anilines is 1. The molecule has 0 bridgehead atoms. The van der Waals surface area contributed by atoms with Gasteiger partial charge in [-0.1, -0.05) is 38.1 Å². The molecule has 0 aliphatic carbocycles. The van der Waals surface area contributed by atoms with Crippen molar-refractivity contribution in [3.63, 3.8) is 0 Å². The van der Waals surface area contributed by atoms with Gasteiger partial charge < -0.3 is 10.6 Å². The summed E-state index contributed by atoms with van der Waals surface area (Å²) in [5.41, 5.74) is 3.09. The maximum absolute atomic E-state index is 4.92. The second kappa shape index (κ2) is 8.01. The van der Waals surface area contributed by atoms with Crippen molar-refractivity contribution in [3.8, 4) is 11.4 Å². The fourth-order valence-electron chi connectivity index (χ4n) is 3.75. The summed E-state index contributed by atoms with van der Waals surface area (Å²) >= 11 is 0. The zero-order valence-corrected chi connectivity index (χ0v) is 16.1. The molecule has 1 aliphatic heterocycles. The molecule has 1 aromatic carbocycles. The molecule has 5 nitrogen and oxygen atoms in total. The number of fused-ring (bicyclic) bond motifs is 1. The molecule has 1 fully saturated rings. The lowest BCUT2D eigenvalue weighted by atomic mass is 9.97. The van der Waals surface area contributed by atoms with Gasteiger partial charge >= 0.3 is 0 Å². The minimum atomic E-state index is 0.412. The van der Waals surface area contributed by atoms with E-state index in [2.05, 4.69) is 53.7 Å². The molecule has 27 heavy (non-hydrogen) atoms. The molecule has 3 aromatic rings. The molecule has 0 spiro atoms. The third kappa shape index (κ3) is 3.93. The van der Waals surface area contributed by atoms with Gasteiger partial charge in [-0.05, 0) is 55.5 Å². The van der Waals surface area contributed by atoms with Crippen molar-refractivity contribution in [2.45, 2.75) is 32.6 Å². The summed E-state index contributed by atoms with van der Waals surface area (Å²) in [6.45, 7) is 7.55. The predicted molar refractivity (Wildman–Crippen MR) is 111 cm³/mol. The van der Waals surface area contributed by atoms with Gasteiger partial charge in [-0.3, -0.25) is 0 Å². The van der Waals surface area contributed by atoms with Crippen LogP contribution >= 0.6 is 0 Å². The zero-order valence-electron chi connectivity index (χ0n) is 16.1. The van der Waals surface area contributed by atoms with Gasteiger partial charge in [0.2, 0.25) is 0 Å². The molecule has 0 unspecified atom stereocenters. The van der Waals surface area contributed by atoms with Gasteiger partial charge in [0, 0.05) is 18.3 Å². The first-order chi connectivity index (χ1) is 13.2. The second-order valence-electron chi connectivity index (χ2n) is 7.59. The Labute approximate surface area is 160 Å². The highest BCUT2D eigenvalue weighted by Crippen LogP contribution is 2.30. The van der Waals surface area contributed by atoms with Gasteiger partial charge in [0.25, 0.3) is 0 Å². The van der Waals surface area contributed by atoms with Crippen molar-refractivity contribution in [2.75, 3.05) is 25.0 Å². The van der Waals surface area contributed by atoms with Crippen LogP contribution in [0, 0.1) is 5.92 Å². The van der Waals surface area contributed by atoms with E-state index in [9.17, 15) is 0 Å². The van der Waals surface area contributed by atoms with Crippen LogP contribution in [0.15, 0.2) is 42.6 Å². The van der Waals surface area contributed by atoms with Gasteiger partial charge in [0.15, 0.2) is 11.5 Å². The van der Waals surface area contributed by atoms with Gasteiger partial charge in [-0.15, -0.1) is 0 Å². The summed E-state index contributed by atoms with van der Waals surface area (Å²) in [5, 5.41) is 8.01. The molecule has 0 atom stereocenters. The number of hydrogen-bond acceptors (Lipinski definition) is 5. The minimum Gasteiger partial charge on any atom is -0.369 e. The predicted octanol–water partition coefficient (Wildman–Crippen LogP) is 4.23. The van der Waals surface area contributed by atoms with E-state index in [1.807, 2.05) is 12.1 Å². The molecule has 3 heterocycles. The Morgan fingerprint density at radius 1 is 1.07 bits per heavy atom. The minimum absolute atomic E-state index is 0.412. The first-order valence-electron chi connectivity index (χ1n) is 9.89. The van der Waals surface area contributed by atoms with Crippen LogP contribution in [0.4, 0.5) is 5.82 Å². The summed E-state index contributed by atoms with van der Waals surface area (Å²) < 4.78 is 0. The molecule has 0 radical (unpaired) electrons. The molecule has 4 rings (SSSR count). The fraction of sp³-hybridized carbons (Fsp3) is 0.409. The third-order valence-corrected chi connectivity index (χ3v) is 5.31. The monoisotopic (exact) mass is 361 g/mol. The van der Waals surface area contributed by atoms with Crippen LogP contribution < -0.4 is 10.6 Å². The van der Waals surface area contributed by atoms with Crippen molar-refractivity contribution in [3.05, 3.63) is 48.2 Å². The van der Waals surface area contributed by atoms with E-state index < -0.39 is 0 Å². The van der Waals surface area contributed by atoms with Crippen LogP contribution in [0.1, 0.15) is 38.2 Å². The lowest BCUT2D eigenvalue weighted by Crippen LogP contribution is -2.31. The number of nitrogens with zero attached hydrogens (tertiary/aromatic N) is 3. The first-order valence-corrected chi connectivity index (χ1v) is 9.89. The average Bonchev–Trinajstić information content (AvgIpc) is 2.72. The molecule has 140 valence electrons. The Bertz CT molecular complexity index is 915. The maximum atomic E-state index is 4.92. The maximum Gasteiger partial charge on any atom is 0.165 e. The van der Waals surface area contributed by atoms with E-state index in [1.54, 1.807) is 6.20 Å². The Kier molecular flexibility index (Phi) is 5.30. The van der Waals surface area contributed by atoms with Crippen LogP contribution in [0.3, 0.4) is 0 Å². The largest absolute Gasteiger partial charge is 0.369 e. The Morgan fingerprint density at radius 2 is 1.89 bits per heavy atom. The van der Waals surface area contributed by atoms with Crippen LogP contribution in [0.25, 0.3) is 22.4 Å². The van der Waals surface area contributed by atoms with Crippen LogP contribution in [-0.4, -0.2) is 34.6 Å².